The van der Waals surface area contributed by atoms with Crippen molar-refractivity contribution in [3.63, 3.8) is 0 Å². The normalized spacial score (nSPS) is 36.0. The van der Waals surface area contributed by atoms with E-state index in [0.717, 1.165) is 12.8 Å². The monoisotopic (exact) mass is 786 g/mol. The van der Waals surface area contributed by atoms with E-state index >= 15 is 17.6 Å². The predicted molar refractivity (Wildman–Crippen MR) is 193 cm³/mol. The van der Waals surface area contributed by atoms with Crippen LogP contribution in [0.15, 0.2) is 0 Å². The SMILES string of the molecule is C[C@H]1C(F)CN1c1nc(N2C[C@H]3C[C@@H](C2)[C@@H]3CC(=O)O)c2c(n1)C(F)(F)CC(C1CCN(c3nc(N4C[C@H]5C[C@@H](C4)[C@@H]5CC(=O)O)c4c(n3)C(F)(F)CC4)C1)C2. The van der Waals surface area contributed by atoms with Gasteiger partial charge in [0.1, 0.15) is 29.2 Å². The molecule has 3 unspecified atom stereocenters. The molecule has 17 heteroatoms. The first-order chi connectivity index (χ1) is 26.6. The van der Waals surface area contributed by atoms with Gasteiger partial charge in [-0.15, -0.1) is 0 Å². The Kier molecular flexibility index (Phi) is 8.25. The van der Waals surface area contributed by atoms with Crippen LogP contribution in [-0.4, -0.2) is 100 Å². The van der Waals surface area contributed by atoms with E-state index < -0.39 is 48.3 Å². The van der Waals surface area contributed by atoms with Gasteiger partial charge in [-0.1, -0.05) is 0 Å². The summed E-state index contributed by atoms with van der Waals surface area (Å²) < 4.78 is 78.0. The number of piperidine rings is 4. The molecule has 10 atom stereocenters. The van der Waals surface area contributed by atoms with Crippen LogP contribution in [-0.2, 0) is 34.3 Å². The lowest BCUT2D eigenvalue weighted by molar-refractivity contribution is -0.142. The second-order valence-corrected chi connectivity index (χ2v) is 18.2. The van der Waals surface area contributed by atoms with E-state index in [4.69, 9.17) is 9.97 Å². The van der Waals surface area contributed by atoms with Gasteiger partial charge < -0.3 is 29.8 Å². The molecule has 0 aromatic carbocycles. The summed E-state index contributed by atoms with van der Waals surface area (Å²) in [6.45, 7) is 4.59. The smallest absolute Gasteiger partial charge is 0.303 e. The molecule has 0 amide bonds. The fourth-order valence-corrected chi connectivity index (χ4v) is 11.8. The van der Waals surface area contributed by atoms with Crippen LogP contribution in [0.5, 0.6) is 0 Å². The van der Waals surface area contributed by atoms with Crippen molar-refractivity contribution in [2.24, 2.45) is 47.3 Å². The molecule has 10 aliphatic rings. The number of hydrogen-bond donors (Lipinski definition) is 2. The molecule has 2 aromatic heterocycles. The van der Waals surface area contributed by atoms with Crippen LogP contribution in [0.1, 0.15) is 74.4 Å². The van der Waals surface area contributed by atoms with Crippen LogP contribution in [0, 0.1) is 47.3 Å². The molecular formula is C39H47F5N8O4. The zero-order valence-electron chi connectivity index (χ0n) is 31.3. The number of anilines is 4. The van der Waals surface area contributed by atoms with Crippen LogP contribution in [0.4, 0.5) is 45.5 Å². The molecule has 2 aromatic rings. The van der Waals surface area contributed by atoms with Gasteiger partial charge in [0, 0.05) is 76.1 Å². The van der Waals surface area contributed by atoms with Crippen LogP contribution in [0.3, 0.4) is 0 Å². The highest BCUT2D eigenvalue weighted by Crippen LogP contribution is 2.54. The van der Waals surface area contributed by atoms with Gasteiger partial charge >= 0.3 is 11.9 Å². The molecule has 302 valence electrons. The largest absolute Gasteiger partial charge is 0.481 e. The summed E-state index contributed by atoms with van der Waals surface area (Å²) >= 11 is 0. The Morgan fingerprint density at radius 3 is 1.80 bits per heavy atom. The number of carboxylic acids is 2. The quantitative estimate of drug-likeness (QED) is 0.326. The highest BCUT2D eigenvalue weighted by molar-refractivity contribution is 5.68. The van der Waals surface area contributed by atoms with Gasteiger partial charge in [0.25, 0.3) is 11.8 Å². The topological polar surface area (TPSA) is 139 Å². The van der Waals surface area contributed by atoms with Gasteiger partial charge in [0.15, 0.2) is 0 Å². The van der Waals surface area contributed by atoms with Crippen molar-refractivity contribution in [1.82, 2.24) is 19.9 Å². The van der Waals surface area contributed by atoms with Gasteiger partial charge in [-0.2, -0.15) is 27.5 Å². The van der Waals surface area contributed by atoms with Crippen LogP contribution in [0.25, 0.3) is 0 Å². The minimum absolute atomic E-state index is 0.0278. The van der Waals surface area contributed by atoms with Gasteiger partial charge in [-0.3, -0.25) is 9.59 Å². The summed E-state index contributed by atoms with van der Waals surface area (Å²) in [4.78, 5) is 49.2. The maximum absolute atomic E-state index is 16.5. The third kappa shape index (κ3) is 5.78. The molecule has 4 bridgehead atoms. The third-order valence-electron chi connectivity index (χ3n) is 15.0. The predicted octanol–water partition coefficient (Wildman–Crippen LogP) is 5.13. The molecular weight excluding hydrogens is 739 g/mol. The second-order valence-electron chi connectivity index (χ2n) is 18.2. The maximum Gasteiger partial charge on any atom is 0.303 e. The van der Waals surface area contributed by atoms with Gasteiger partial charge in [0.05, 0.1) is 12.6 Å². The van der Waals surface area contributed by atoms with Crippen molar-refractivity contribution in [2.75, 3.05) is 65.4 Å². The number of carbonyl (C=O) groups is 2. The zero-order chi connectivity index (χ0) is 39.0. The van der Waals surface area contributed by atoms with E-state index in [-0.39, 0.29) is 96.9 Å². The number of halogens is 5. The number of fused-ring (bicyclic) bond motifs is 6. The van der Waals surface area contributed by atoms with E-state index in [9.17, 15) is 24.2 Å². The highest BCUT2D eigenvalue weighted by atomic mass is 19.3. The zero-order valence-corrected chi connectivity index (χ0v) is 31.3. The minimum Gasteiger partial charge on any atom is -0.481 e. The molecule has 0 spiro atoms. The molecule has 12 rings (SSSR count). The van der Waals surface area contributed by atoms with E-state index in [1.807, 2.05) is 14.7 Å². The van der Waals surface area contributed by atoms with Gasteiger partial charge in [-0.05, 0) is 86.4 Å². The first kappa shape index (κ1) is 36.3. The molecule has 56 heavy (non-hydrogen) atoms. The minimum atomic E-state index is -3.29. The van der Waals surface area contributed by atoms with Crippen molar-refractivity contribution < 1.29 is 41.8 Å². The lowest BCUT2D eigenvalue weighted by atomic mass is 9.60. The van der Waals surface area contributed by atoms with E-state index in [1.54, 1.807) is 11.8 Å². The van der Waals surface area contributed by atoms with Gasteiger partial charge in [-0.25, -0.2) is 14.4 Å². The first-order valence-corrected chi connectivity index (χ1v) is 20.3. The van der Waals surface area contributed by atoms with Crippen molar-refractivity contribution in [2.45, 2.75) is 88.8 Å². The molecule has 12 nitrogen and oxygen atoms in total. The number of hydrogen-bond acceptors (Lipinski definition) is 10. The number of rotatable bonds is 9. The fraction of sp³-hybridized carbons (Fsp3) is 0.744. The van der Waals surface area contributed by atoms with Crippen molar-refractivity contribution in [1.29, 1.82) is 0 Å². The van der Waals surface area contributed by atoms with Crippen molar-refractivity contribution >= 4 is 35.5 Å². The third-order valence-corrected chi connectivity index (χ3v) is 15.0. The lowest BCUT2D eigenvalue weighted by Crippen LogP contribution is -2.58. The molecule has 0 radical (unpaired) electrons. The lowest BCUT2D eigenvalue weighted by Gasteiger charge is -2.54. The maximum atomic E-state index is 16.5. The van der Waals surface area contributed by atoms with Crippen LogP contribution < -0.4 is 19.6 Å². The van der Waals surface area contributed by atoms with Crippen LogP contribution in [0.2, 0.25) is 0 Å². The Balaban J connectivity index is 0.921. The fourth-order valence-electron chi connectivity index (χ4n) is 11.8. The van der Waals surface area contributed by atoms with Crippen molar-refractivity contribution in [3.8, 4) is 0 Å². The van der Waals surface area contributed by atoms with Gasteiger partial charge in [0.2, 0.25) is 11.9 Å². The average molecular weight is 787 g/mol. The van der Waals surface area contributed by atoms with Crippen LogP contribution >= 0.6 is 0 Å². The Hall–Kier alpha value is -4.05. The molecule has 6 saturated heterocycles. The number of carboxylic acid groups (broad SMARTS) is 2. The molecule has 4 aliphatic carbocycles. The number of alkyl halides is 5. The molecule has 6 aliphatic heterocycles. The average Bonchev–Trinajstić information content (AvgIpc) is 3.78. The molecule has 8 heterocycles. The second kappa shape index (κ2) is 12.7. The summed E-state index contributed by atoms with van der Waals surface area (Å²) in [5.74, 6) is -6.88. The Morgan fingerprint density at radius 1 is 0.696 bits per heavy atom. The summed E-state index contributed by atoms with van der Waals surface area (Å²) in [6, 6.07) is -0.540. The molecule has 8 fully saturated rings. The Labute approximate surface area is 320 Å². The Bertz CT molecular complexity index is 1950. The number of aromatic nitrogens is 4. The first-order valence-electron chi connectivity index (χ1n) is 20.3. The summed E-state index contributed by atoms with van der Waals surface area (Å²) in [5.41, 5.74) is 0.243. The van der Waals surface area contributed by atoms with E-state index in [2.05, 4.69) is 9.97 Å². The summed E-state index contributed by atoms with van der Waals surface area (Å²) in [5, 5.41) is 18.9. The number of aliphatic carboxylic acids is 2. The van der Waals surface area contributed by atoms with E-state index in [1.165, 1.54) is 0 Å². The highest BCUT2D eigenvalue weighted by Gasteiger charge is 2.53. The molecule has 2 N–H and O–H groups in total. The van der Waals surface area contributed by atoms with E-state index in [0.29, 0.717) is 74.9 Å². The Morgan fingerprint density at radius 2 is 1.23 bits per heavy atom. The molecule has 2 saturated carbocycles. The number of nitrogens with zero attached hydrogens (tertiary/aromatic N) is 8. The summed E-state index contributed by atoms with van der Waals surface area (Å²) in [7, 11) is 0. The summed E-state index contributed by atoms with van der Waals surface area (Å²) in [6.07, 6.45) is 1.09. The van der Waals surface area contributed by atoms with Crippen molar-refractivity contribution in [3.05, 3.63) is 22.5 Å². The standard InChI is InChI=1S/C39H47F5N8O4/c1-18-29(40)17-52(18)37-46-33-28(35(48-37)51-15-23-7-24(16-51)27(23)10-31(55)56)8-20(11-39(33,43)44)19-3-5-49(12-19)36-45-32-25(2-4-38(32,41)42)34(47-36)50-13-21-6-22(14-50)26(21)9-30(53)54/h18-24,26-27,29H,2-17H2,1H3,(H,53,54)(H,55,56)/t18-,19?,20?,21-,22+,23-,24+,26-,27-,29?/m0/s1.